The highest BCUT2D eigenvalue weighted by atomic mass is 16.4. The lowest BCUT2D eigenvalue weighted by molar-refractivity contribution is -0.122. The van der Waals surface area contributed by atoms with Crippen LogP contribution in [0, 0.1) is 0 Å². The first-order valence-electron chi connectivity index (χ1n) is 9.18. The van der Waals surface area contributed by atoms with Crippen LogP contribution in [-0.4, -0.2) is 36.2 Å². The minimum Gasteiger partial charge on any atom is -0.465 e. The average Bonchev–Trinajstić information content (AvgIpc) is 2.69. The Morgan fingerprint density at radius 3 is 1.96 bits per heavy atom. The Morgan fingerprint density at radius 1 is 0.889 bits per heavy atom. The lowest BCUT2D eigenvalue weighted by atomic mass is 9.91. The molecular weight excluding hydrogens is 342 g/mol. The number of hydrogen-bond donors (Lipinski definition) is 4. The summed E-state index contributed by atoms with van der Waals surface area (Å²) in [6.07, 6.45) is 0.832. The smallest absolute Gasteiger partial charge is 0.404 e. The zero-order chi connectivity index (χ0) is 19.5. The molecule has 1 atom stereocenters. The van der Waals surface area contributed by atoms with E-state index in [9.17, 15) is 9.59 Å². The molecular formula is C21H27N3O3. The fraction of sp³-hybridized carbons (Fsp3) is 0.333. The number of rotatable bonds is 10. The summed E-state index contributed by atoms with van der Waals surface area (Å²) in [6.45, 7) is 0.842. The first kappa shape index (κ1) is 20.5. The van der Waals surface area contributed by atoms with Gasteiger partial charge in [0.25, 0.3) is 0 Å². The van der Waals surface area contributed by atoms with Gasteiger partial charge in [-0.2, -0.15) is 0 Å². The highest BCUT2D eigenvalue weighted by Gasteiger charge is 2.18. The first-order valence-corrected chi connectivity index (χ1v) is 9.18. The zero-order valence-corrected chi connectivity index (χ0v) is 15.3. The van der Waals surface area contributed by atoms with E-state index < -0.39 is 12.1 Å². The quantitative estimate of drug-likeness (QED) is 0.483. The summed E-state index contributed by atoms with van der Waals surface area (Å²) < 4.78 is 0. The van der Waals surface area contributed by atoms with Crippen LogP contribution in [0.4, 0.5) is 4.79 Å². The summed E-state index contributed by atoms with van der Waals surface area (Å²) in [5.41, 5.74) is 8.25. The van der Waals surface area contributed by atoms with Crippen molar-refractivity contribution in [3.05, 3.63) is 71.8 Å². The van der Waals surface area contributed by atoms with E-state index in [0.717, 1.165) is 11.1 Å². The Morgan fingerprint density at radius 2 is 1.44 bits per heavy atom. The van der Waals surface area contributed by atoms with E-state index in [-0.39, 0.29) is 11.8 Å². The summed E-state index contributed by atoms with van der Waals surface area (Å²) in [7, 11) is 0. The van der Waals surface area contributed by atoms with Crippen molar-refractivity contribution in [1.82, 2.24) is 10.6 Å². The van der Waals surface area contributed by atoms with E-state index in [2.05, 4.69) is 34.9 Å². The molecule has 0 saturated heterocycles. The van der Waals surface area contributed by atoms with Crippen LogP contribution in [0.1, 0.15) is 36.3 Å². The number of hydrogen-bond acceptors (Lipinski definition) is 3. The SMILES string of the molecule is NC(CCCCNC(=O)O)C(=O)NCC(c1ccccc1)c1ccccc1. The van der Waals surface area contributed by atoms with Crippen LogP contribution in [0.25, 0.3) is 0 Å². The largest absolute Gasteiger partial charge is 0.465 e. The molecule has 2 rings (SSSR count). The predicted octanol–water partition coefficient (Wildman–Crippen LogP) is 2.70. The number of nitrogens with one attached hydrogen (secondary N) is 2. The molecule has 6 nitrogen and oxygen atoms in total. The Kier molecular flexibility index (Phi) is 8.32. The lowest BCUT2D eigenvalue weighted by Gasteiger charge is -2.20. The second-order valence-corrected chi connectivity index (χ2v) is 6.45. The molecule has 2 aromatic carbocycles. The molecule has 0 heterocycles. The maximum absolute atomic E-state index is 12.3. The molecule has 27 heavy (non-hydrogen) atoms. The van der Waals surface area contributed by atoms with E-state index in [0.29, 0.717) is 32.4 Å². The molecule has 0 radical (unpaired) electrons. The summed E-state index contributed by atoms with van der Waals surface area (Å²) in [4.78, 5) is 22.7. The third-order valence-corrected chi connectivity index (χ3v) is 4.44. The number of carboxylic acid groups (broad SMARTS) is 1. The van der Waals surface area contributed by atoms with Gasteiger partial charge in [0.05, 0.1) is 6.04 Å². The topological polar surface area (TPSA) is 104 Å². The molecule has 0 saturated carbocycles. The Hall–Kier alpha value is -2.86. The van der Waals surface area contributed by atoms with Gasteiger partial charge >= 0.3 is 6.09 Å². The molecule has 0 spiro atoms. The summed E-state index contributed by atoms with van der Waals surface area (Å²) in [5, 5.41) is 13.8. The van der Waals surface area contributed by atoms with Gasteiger partial charge in [-0.25, -0.2) is 4.79 Å². The molecule has 0 fully saturated rings. The predicted molar refractivity (Wildman–Crippen MR) is 106 cm³/mol. The van der Waals surface area contributed by atoms with Gasteiger partial charge in [-0.15, -0.1) is 0 Å². The van der Waals surface area contributed by atoms with Gasteiger partial charge < -0.3 is 21.5 Å². The van der Waals surface area contributed by atoms with Gasteiger partial charge in [-0.3, -0.25) is 4.79 Å². The van der Waals surface area contributed by atoms with E-state index >= 15 is 0 Å². The maximum Gasteiger partial charge on any atom is 0.404 e. The Bertz CT molecular complexity index is 668. The number of carbonyl (C=O) groups excluding carboxylic acids is 1. The molecule has 0 bridgehead atoms. The standard InChI is InChI=1S/C21H27N3O3/c22-19(13-7-8-14-23-21(26)27)20(25)24-15-18(16-9-3-1-4-10-16)17-11-5-2-6-12-17/h1-6,9-12,18-19,23H,7-8,13-15,22H2,(H,24,25)(H,26,27). The van der Waals surface area contributed by atoms with Crippen molar-refractivity contribution in [1.29, 1.82) is 0 Å². The van der Waals surface area contributed by atoms with Crippen molar-refractivity contribution >= 4 is 12.0 Å². The van der Waals surface area contributed by atoms with Crippen molar-refractivity contribution in [2.24, 2.45) is 5.73 Å². The third-order valence-electron chi connectivity index (χ3n) is 4.44. The number of unbranched alkanes of at least 4 members (excludes halogenated alkanes) is 1. The van der Waals surface area contributed by atoms with Crippen molar-refractivity contribution in [2.75, 3.05) is 13.1 Å². The summed E-state index contributed by atoms with van der Waals surface area (Å²) in [6, 6.07) is 19.5. The van der Waals surface area contributed by atoms with E-state index in [4.69, 9.17) is 10.8 Å². The normalized spacial score (nSPS) is 11.8. The minimum absolute atomic E-state index is 0.0586. The molecule has 2 aromatic rings. The van der Waals surface area contributed by atoms with E-state index in [1.807, 2.05) is 36.4 Å². The number of nitrogens with two attached hydrogens (primary N) is 1. The lowest BCUT2D eigenvalue weighted by Crippen LogP contribution is -2.42. The van der Waals surface area contributed by atoms with E-state index in [1.165, 1.54) is 0 Å². The van der Waals surface area contributed by atoms with Gasteiger partial charge in [0.2, 0.25) is 5.91 Å². The highest BCUT2D eigenvalue weighted by Crippen LogP contribution is 2.23. The molecule has 0 aromatic heterocycles. The molecule has 5 N–H and O–H groups in total. The van der Waals surface area contributed by atoms with E-state index in [1.54, 1.807) is 0 Å². The first-order chi connectivity index (χ1) is 13.1. The second-order valence-electron chi connectivity index (χ2n) is 6.45. The van der Waals surface area contributed by atoms with Gasteiger partial charge in [0, 0.05) is 19.0 Å². The maximum atomic E-state index is 12.3. The van der Waals surface area contributed by atoms with Gasteiger partial charge in [0.1, 0.15) is 0 Å². The van der Waals surface area contributed by atoms with Gasteiger partial charge in [0.15, 0.2) is 0 Å². The van der Waals surface area contributed by atoms with Crippen molar-refractivity contribution in [3.8, 4) is 0 Å². The molecule has 6 heteroatoms. The fourth-order valence-electron chi connectivity index (χ4n) is 2.95. The van der Waals surface area contributed by atoms with Crippen molar-refractivity contribution < 1.29 is 14.7 Å². The van der Waals surface area contributed by atoms with Crippen LogP contribution in [0.2, 0.25) is 0 Å². The zero-order valence-electron chi connectivity index (χ0n) is 15.3. The highest BCUT2D eigenvalue weighted by molar-refractivity contribution is 5.81. The molecule has 0 aliphatic carbocycles. The summed E-state index contributed by atoms with van der Waals surface area (Å²) in [5.74, 6) is -0.124. The molecule has 0 aliphatic rings. The Labute approximate surface area is 159 Å². The number of amides is 2. The Balaban J connectivity index is 1.87. The van der Waals surface area contributed by atoms with Crippen LogP contribution >= 0.6 is 0 Å². The van der Waals surface area contributed by atoms with Crippen LogP contribution in [0.3, 0.4) is 0 Å². The molecule has 0 aliphatic heterocycles. The van der Waals surface area contributed by atoms with Crippen molar-refractivity contribution in [2.45, 2.75) is 31.2 Å². The molecule has 144 valence electrons. The molecule has 1 unspecified atom stereocenters. The molecule has 2 amide bonds. The van der Waals surface area contributed by atoms with Gasteiger partial charge in [-0.1, -0.05) is 60.7 Å². The second kappa shape index (κ2) is 11.0. The van der Waals surface area contributed by atoms with Crippen LogP contribution < -0.4 is 16.4 Å². The fourth-order valence-corrected chi connectivity index (χ4v) is 2.95. The van der Waals surface area contributed by atoms with Crippen LogP contribution in [0.15, 0.2) is 60.7 Å². The number of carbonyl (C=O) groups is 2. The monoisotopic (exact) mass is 369 g/mol. The number of benzene rings is 2. The minimum atomic E-state index is -1.04. The van der Waals surface area contributed by atoms with Crippen molar-refractivity contribution in [3.63, 3.8) is 0 Å². The summed E-state index contributed by atoms with van der Waals surface area (Å²) >= 11 is 0. The average molecular weight is 369 g/mol. The van der Waals surface area contributed by atoms with Crippen LogP contribution in [0.5, 0.6) is 0 Å². The third kappa shape index (κ3) is 7.11. The van der Waals surface area contributed by atoms with Gasteiger partial charge in [-0.05, 0) is 30.4 Å². The van der Waals surface area contributed by atoms with Crippen LogP contribution in [-0.2, 0) is 4.79 Å².